The van der Waals surface area contributed by atoms with Crippen molar-refractivity contribution in [3.63, 3.8) is 0 Å². The van der Waals surface area contributed by atoms with Crippen LogP contribution in [-0.4, -0.2) is 39.4 Å². The summed E-state index contributed by atoms with van der Waals surface area (Å²) in [6.45, 7) is 5.36. The van der Waals surface area contributed by atoms with Crippen LogP contribution in [0.1, 0.15) is 39.0 Å². The monoisotopic (exact) mass is 363 g/mol. The Morgan fingerprint density at radius 1 is 1.29 bits per heavy atom. The van der Waals surface area contributed by atoms with Gasteiger partial charge < -0.3 is 4.90 Å². The number of amides is 1. The maximum atomic E-state index is 13.0. The molecule has 1 aliphatic heterocycles. The molecule has 4 nitrogen and oxygen atoms in total. The highest BCUT2D eigenvalue weighted by Gasteiger charge is 2.27. The van der Waals surface area contributed by atoms with E-state index in [1.807, 2.05) is 55.8 Å². The Labute approximate surface area is 152 Å². The quantitative estimate of drug-likeness (QED) is 0.809. The van der Waals surface area contributed by atoms with Crippen molar-refractivity contribution in [1.29, 1.82) is 0 Å². The van der Waals surface area contributed by atoms with E-state index in [9.17, 15) is 4.79 Å². The summed E-state index contributed by atoms with van der Waals surface area (Å²) in [6, 6.07) is 8.01. The Morgan fingerprint density at radius 3 is 2.71 bits per heavy atom. The maximum absolute atomic E-state index is 13.0. The van der Waals surface area contributed by atoms with Gasteiger partial charge in [-0.25, -0.2) is 0 Å². The van der Waals surface area contributed by atoms with Crippen LogP contribution in [0.15, 0.2) is 24.3 Å². The van der Waals surface area contributed by atoms with Crippen molar-refractivity contribution in [3.8, 4) is 0 Å². The van der Waals surface area contributed by atoms with Gasteiger partial charge in [-0.05, 0) is 31.9 Å². The van der Waals surface area contributed by atoms with Crippen LogP contribution < -0.4 is 0 Å². The van der Waals surface area contributed by atoms with Gasteiger partial charge in [-0.3, -0.25) is 9.48 Å². The summed E-state index contributed by atoms with van der Waals surface area (Å²) in [7, 11) is 1.88. The van der Waals surface area contributed by atoms with Gasteiger partial charge in [0.2, 0.25) is 0 Å². The highest BCUT2D eigenvalue weighted by molar-refractivity contribution is 7.99. The lowest BCUT2D eigenvalue weighted by Gasteiger charge is -2.20. The van der Waals surface area contributed by atoms with E-state index in [1.54, 1.807) is 4.68 Å². The van der Waals surface area contributed by atoms with Gasteiger partial charge in [0.15, 0.2) is 0 Å². The molecule has 128 valence electrons. The van der Waals surface area contributed by atoms with E-state index in [-0.39, 0.29) is 5.91 Å². The smallest absolute Gasteiger partial charge is 0.257 e. The van der Waals surface area contributed by atoms with Crippen molar-refractivity contribution in [2.24, 2.45) is 7.05 Å². The molecule has 6 heteroatoms. The van der Waals surface area contributed by atoms with E-state index in [0.717, 1.165) is 47.2 Å². The number of hydrogen-bond acceptors (Lipinski definition) is 3. The molecule has 0 aliphatic carbocycles. The molecule has 1 atom stereocenters. The Kier molecular flexibility index (Phi) is 5.21. The van der Waals surface area contributed by atoms with E-state index in [2.05, 4.69) is 11.2 Å². The van der Waals surface area contributed by atoms with Gasteiger partial charge in [0.05, 0.1) is 11.3 Å². The number of halogens is 1. The minimum atomic E-state index is 0.0958. The molecule has 0 saturated carbocycles. The van der Waals surface area contributed by atoms with Crippen LogP contribution >= 0.6 is 23.4 Å². The second-order valence-corrected chi connectivity index (χ2v) is 7.85. The first kappa shape index (κ1) is 17.4. The number of aromatic nitrogens is 2. The molecule has 1 aliphatic rings. The first-order valence-corrected chi connectivity index (χ1v) is 9.57. The van der Waals surface area contributed by atoms with Crippen molar-refractivity contribution < 1.29 is 4.79 Å². The molecular formula is C18H22ClN3OS. The van der Waals surface area contributed by atoms with Crippen LogP contribution in [0.2, 0.25) is 5.02 Å². The van der Waals surface area contributed by atoms with E-state index < -0.39 is 0 Å². The Hall–Kier alpha value is -1.46. The highest BCUT2D eigenvalue weighted by Crippen LogP contribution is 2.38. The predicted octanol–water partition coefficient (Wildman–Crippen LogP) is 4.01. The largest absolute Gasteiger partial charge is 0.338 e. The second kappa shape index (κ2) is 7.19. The molecule has 0 radical (unpaired) electrons. The van der Waals surface area contributed by atoms with Gasteiger partial charge in [-0.2, -0.15) is 16.9 Å². The lowest BCUT2D eigenvalue weighted by Crippen LogP contribution is -2.33. The third kappa shape index (κ3) is 3.33. The first-order valence-electron chi connectivity index (χ1n) is 8.14. The fourth-order valence-electron chi connectivity index (χ4n) is 3.20. The molecule has 24 heavy (non-hydrogen) atoms. The van der Waals surface area contributed by atoms with Gasteiger partial charge in [-0.15, -0.1) is 0 Å². The van der Waals surface area contributed by atoms with E-state index >= 15 is 0 Å². The number of carbonyl (C=O) groups is 1. The molecule has 0 spiro atoms. The van der Waals surface area contributed by atoms with E-state index in [0.29, 0.717) is 5.25 Å². The van der Waals surface area contributed by atoms with Crippen LogP contribution in [0, 0.1) is 13.8 Å². The average molecular weight is 364 g/mol. The molecule has 1 saturated heterocycles. The standard InChI is InChI=1S/C18H22ClN3OS/c1-12-17(13(2)21(3)20-12)18(23)22-9-8-16(24-11-10-22)14-6-4-5-7-15(14)19/h4-7,16H,8-11H2,1-3H3/t16-/m0/s1. The Balaban J connectivity index is 1.76. The topological polar surface area (TPSA) is 38.1 Å². The fraction of sp³-hybridized carbons (Fsp3) is 0.444. The summed E-state index contributed by atoms with van der Waals surface area (Å²) in [5, 5.41) is 5.52. The first-order chi connectivity index (χ1) is 11.5. The number of aryl methyl sites for hydroxylation is 2. The molecule has 2 heterocycles. The van der Waals surface area contributed by atoms with Crippen LogP contribution in [0.4, 0.5) is 0 Å². The van der Waals surface area contributed by atoms with Crippen molar-refractivity contribution >= 4 is 29.3 Å². The summed E-state index contributed by atoms with van der Waals surface area (Å²) >= 11 is 8.23. The number of thioether (sulfide) groups is 1. The van der Waals surface area contributed by atoms with E-state index in [1.165, 1.54) is 5.56 Å². The summed E-state index contributed by atoms with van der Waals surface area (Å²) in [4.78, 5) is 14.9. The zero-order valence-electron chi connectivity index (χ0n) is 14.3. The molecule has 1 amide bonds. The van der Waals surface area contributed by atoms with Gasteiger partial charge in [0, 0.05) is 41.9 Å². The molecule has 3 rings (SSSR count). The molecule has 1 aromatic heterocycles. The lowest BCUT2D eigenvalue weighted by molar-refractivity contribution is 0.0765. The van der Waals surface area contributed by atoms with Crippen LogP contribution in [0.3, 0.4) is 0 Å². The third-order valence-corrected chi connectivity index (χ3v) is 6.26. The molecule has 1 aromatic carbocycles. The van der Waals surface area contributed by atoms with Gasteiger partial charge in [-0.1, -0.05) is 29.8 Å². The summed E-state index contributed by atoms with van der Waals surface area (Å²) < 4.78 is 1.78. The van der Waals surface area contributed by atoms with Crippen LogP contribution in [0.5, 0.6) is 0 Å². The normalized spacial score (nSPS) is 18.5. The van der Waals surface area contributed by atoms with Crippen LogP contribution in [-0.2, 0) is 7.05 Å². The minimum absolute atomic E-state index is 0.0958. The minimum Gasteiger partial charge on any atom is -0.338 e. The van der Waals surface area contributed by atoms with Crippen molar-refractivity contribution in [2.75, 3.05) is 18.8 Å². The summed E-state index contributed by atoms with van der Waals surface area (Å²) in [5.41, 5.74) is 3.66. The Morgan fingerprint density at radius 2 is 2.04 bits per heavy atom. The van der Waals surface area contributed by atoms with Gasteiger partial charge in [0.25, 0.3) is 5.91 Å². The molecule has 2 aromatic rings. The van der Waals surface area contributed by atoms with Crippen molar-refractivity contribution in [1.82, 2.24) is 14.7 Å². The molecular weight excluding hydrogens is 342 g/mol. The summed E-state index contributed by atoms with van der Waals surface area (Å²) in [6.07, 6.45) is 0.915. The zero-order chi connectivity index (χ0) is 17.3. The molecule has 0 N–H and O–H groups in total. The number of rotatable bonds is 2. The van der Waals surface area contributed by atoms with Crippen LogP contribution in [0.25, 0.3) is 0 Å². The zero-order valence-corrected chi connectivity index (χ0v) is 15.8. The molecule has 0 bridgehead atoms. The lowest BCUT2D eigenvalue weighted by atomic mass is 10.1. The SMILES string of the molecule is Cc1nn(C)c(C)c1C(=O)N1CCS[C@H](c2ccccc2Cl)CC1. The van der Waals surface area contributed by atoms with Crippen molar-refractivity contribution in [2.45, 2.75) is 25.5 Å². The second-order valence-electron chi connectivity index (χ2n) is 6.13. The highest BCUT2D eigenvalue weighted by atomic mass is 35.5. The number of nitrogens with zero attached hydrogens (tertiary/aromatic N) is 3. The van der Waals surface area contributed by atoms with E-state index in [4.69, 9.17) is 11.6 Å². The number of carbonyl (C=O) groups excluding carboxylic acids is 1. The predicted molar refractivity (Wildman–Crippen MR) is 99.9 cm³/mol. The molecule has 0 unspecified atom stereocenters. The Bertz CT molecular complexity index is 759. The summed E-state index contributed by atoms with van der Waals surface area (Å²) in [5.74, 6) is 1.01. The molecule has 1 fully saturated rings. The van der Waals surface area contributed by atoms with Crippen molar-refractivity contribution in [3.05, 3.63) is 51.8 Å². The third-order valence-electron chi connectivity index (χ3n) is 4.60. The number of benzene rings is 1. The average Bonchev–Trinajstić information content (AvgIpc) is 2.73. The maximum Gasteiger partial charge on any atom is 0.257 e. The number of hydrogen-bond donors (Lipinski definition) is 0. The van der Waals surface area contributed by atoms with Gasteiger partial charge >= 0.3 is 0 Å². The van der Waals surface area contributed by atoms with Gasteiger partial charge in [0.1, 0.15) is 0 Å². The fourth-order valence-corrected chi connectivity index (χ4v) is 4.80.